The van der Waals surface area contributed by atoms with Crippen molar-refractivity contribution in [2.24, 2.45) is 0 Å². The molecule has 2 aromatic carbocycles. The van der Waals surface area contributed by atoms with Crippen LogP contribution in [0.2, 0.25) is 5.02 Å². The topological polar surface area (TPSA) is 59.3 Å². The molecule has 1 N–H and O–H groups in total. The van der Waals surface area contributed by atoms with Gasteiger partial charge in [-0.2, -0.15) is 0 Å². The van der Waals surface area contributed by atoms with Crippen molar-refractivity contribution in [3.63, 3.8) is 0 Å². The van der Waals surface area contributed by atoms with Crippen LogP contribution in [-0.2, 0) is 5.54 Å². The Morgan fingerprint density at radius 2 is 1.88 bits per heavy atom. The van der Waals surface area contributed by atoms with Gasteiger partial charge in [-0.15, -0.1) is 0 Å². The van der Waals surface area contributed by atoms with Crippen LogP contribution in [0.15, 0.2) is 63.8 Å². The number of halogens is 1. The molecule has 1 fully saturated rings. The van der Waals surface area contributed by atoms with Crippen LogP contribution in [0.5, 0.6) is 0 Å². The predicted molar refractivity (Wildman–Crippen MR) is 92.3 cm³/mol. The predicted octanol–water partition coefficient (Wildman–Crippen LogP) is 3.87. The minimum absolute atomic E-state index is 0.0157. The average molecular weight is 340 g/mol. The molecule has 0 saturated heterocycles. The highest BCUT2D eigenvalue weighted by molar-refractivity contribution is 6.30. The van der Waals surface area contributed by atoms with Crippen LogP contribution in [-0.4, -0.2) is 5.91 Å². The molecule has 1 aliphatic rings. The van der Waals surface area contributed by atoms with E-state index in [-0.39, 0.29) is 5.56 Å². The number of carbonyl (C=O) groups excluding carboxylic acids is 1. The third-order valence-corrected chi connectivity index (χ3v) is 4.60. The zero-order valence-electron chi connectivity index (χ0n) is 12.7. The Balaban J connectivity index is 1.67. The summed E-state index contributed by atoms with van der Waals surface area (Å²) in [5.74, 6) is -0.424. The minimum atomic E-state index is -0.631. The van der Waals surface area contributed by atoms with Crippen molar-refractivity contribution in [2.45, 2.75) is 18.4 Å². The monoisotopic (exact) mass is 339 g/mol. The van der Waals surface area contributed by atoms with E-state index < -0.39 is 17.1 Å². The fraction of sp³-hybridized carbons (Fsp3) is 0.158. The maximum atomic E-state index is 12.6. The molecule has 5 heteroatoms. The number of hydrogen-bond acceptors (Lipinski definition) is 3. The van der Waals surface area contributed by atoms with Gasteiger partial charge >= 0.3 is 5.63 Å². The van der Waals surface area contributed by atoms with Crippen LogP contribution < -0.4 is 10.9 Å². The largest absolute Gasteiger partial charge is 0.422 e. The molecule has 1 amide bonds. The molecule has 0 bridgehead atoms. The fourth-order valence-electron chi connectivity index (χ4n) is 2.90. The van der Waals surface area contributed by atoms with Crippen LogP contribution in [0.25, 0.3) is 11.0 Å². The maximum Gasteiger partial charge on any atom is 0.349 e. The first-order valence-corrected chi connectivity index (χ1v) is 8.07. The number of rotatable bonds is 3. The Morgan fingerprint density at radius 3 is 2.62 bits per heavy atom. The second-order valence-corrected chi connectivity index (χ2v) is 6.47. The lowest BCUT2D eigenvalue weighted by atomic mass is 10.0. The summed E-state index contributed by atoms with van der Waals surface area (Å²) in [6.45, 7) is 0. The lowest BCUT2D eigenvalue weighted by Crippen LogP contribution is -2.37. The number of para-hydroxylation sites is 1. The first-order chi connectivity index (χ1) is 11.6. The van der Waals surface area contributed by atoms with Crippen molar-refractivity contribution < 1.29 is 9.21 Å². The van der Waals surface area contributed by atoms with Gasteiger partial charge in [-0.05, 0) is 42.7 Å². The Hall–Kier alpha value is -2.59. The van der Waals surface area contributed by atoms with Crippen molar-refractivity contribution in [1.82, 2.24) is 5.32 Å². The molecular formula is C19H14ClNO3. The average Bonchev–Trinajstić information content (AvgIpc) is 3.35. The number of fused-ring (bicyclic) bond motifs is 1. The first kappa shape index (κ1) is 15.0. The molecule has 3 aromatic rings. The van der Waals surface area contributed by atoms with E-state index in [0.29, 0.717) is 10.6 Å². The molecule has 24 heavy (non-hydrogen) atoms. The molecule has 1 saturated carbocycles. The van der Waals surface area contributed by atoms with Crippen LogP contribution in [0.3, 0.4) is 0 Å². The summed E-state index contributed by atoms with van der Waals surface area (Å²) < 4.78 is 5.24. The van der Waals surface area contributed by atoms with Gasteiger partial charge in [-0.3, -0.25) is 4.79 Å². The molecule has 1 heterocycles. The van der Waals surface area contributed by atoms with Crippen molar-refractivity contribution in [3.8, 4) is 0 Å². The molecule has 4 nitrogen and oxygen atoms in total. The van der Waals surface area contributed by atoms with Crippen LogP contribution >= 0.6 is 11.6 Å². The van der Waals surface area contributed by atoms with Crippen LogP contribution in [0.4, 0.5) is 0 Å². The van der Waals surface area contributed by atoms with Crippen molar-refractivity contribution in [1.29, 1.82) is 0 Å². The molecule has 4 rings (SSSR count). The summed E-state index contributed by atoms with van der Waals surface area (Å²) in [5, 5.41) is 4.32. The SMILES string of the molecule is O=C(NC1(c2cccc(Cl)c2)CC1)c1cc2ccccc2oc1=O. The van der Waals surface area contributed by atoms with E-state index in [1.807, 2.05) is 24.3 Å². The number of nitrogens with one attached hydrogen (secondary N) is 1. The number of amides is 1. The van der Waals surface area contributed by atoms with Gasteiger partial charge in [0, 0.05) is 10.4 Å². The molecule has 1 aliphatic carbocycles. The lowest BCUT2D eigenvalue weighted by molar-refractivity contribution is 0.0927. The van der Waals surface area contributed by atoms with Gasteiger partial charge in [0.25, 0.3) is 5.91 Å². The first-order valence-electron chi connectivity index (χ1n) is 7.69. The molecule has 1 aromatic heterocycles. The molecule has 0 aliphatic heterocycles. The molecule has 120 valence electrons. The Morgan fingerprint density at radius 1 is 1.08 bits per heavy atom. The van der Waals surface area contributed by atoms with Crippen LogP contribution in [0, 0.1) is 0 Å². The Kier molecular flexibility index (Phi) is 3.43. The van der Waals surface area contributed by atoms with Crippen molar-refractivity contribution in [3.05, 3.63) is 81.2 Å². The van der Waals surface area contributed by atoms with E-state index in [9.17, 15) is 9.59 Å². The number of benzene rings is 2. The zero-order chi connectivity index (χ0) is 16.7. The highest BCUT2D eigenvalue weighted by Crippen LogP contribution is 2.46. The highest BCUT2D eigenvalue weighted by atomic mass is 35.5. The Bertz CT molecular complexity index is 1000. The quantitative estimate of drug-likeness (QED) is 0.737. The Labute approximate surface area is 143 Å². The van der Waals surface area contributed by atoms with Gasteiger partial charge < -0.3 is 9.73 Å². The van der Waals surface area contributed by atoms with E-state index in [1.54, 1.807) is 30.3 Å². The summed E-state index contributed by atoms with van der Waals surface area (Å²) in [4.78, 5) is 24.7. The molecule has 0 atom stereocenters. The molecule has 0 spiro atoms. The normalized spacial score (nSPS) is 15.2. The van der Waals surface area contributed by atoms with E-state index >= 15 is 0 Å². The van der Waals surface area contributed by atoms with Gasteiger partial charge in [-0.25, -0.2) is 4.79 Å². The van der Waals surface area contributed by atoms with Crippen molar-refractivity contribution in [2.75, 3.05) is 0 Å². The molecule has 0 unspecified atom stereocenters. The zero-order valence-corrected chi connectivity index (χ0v) is 13.5. The van der Waals surface area contributed by atoms with E-state index in [0.717, 1.165) is 23.8 Å². The van der Waals surface area contributed by atoms with E-state index in [4.69, 9.17) is 16.0 Å². The van der Waals surface area contributed by atoms with Gasteiger partial charge in [0.2, 0.25) is 0 Å². The highest BCUT2D eigenvalue weighted by Gasteiger charge is 2.46. The standard InChI is InChI=1S/C19H14ClNO3/c20-14-6-3-5-13(11-14)19(8-9-19)21-17(22)15-10-12-4-1-2-7-16(12)24-18(15)23/h1-7,10-11H,8-9H2,(H,21,22). The van der Waals surface area contributed by atoms with Gasteiger partial charge in [0.15, 0.2) is 0 Å². The summed E-state index contributed by atoms with van der Waals surface area (Å²) >= 11 is 6.05. The number of carbonyl (C=O) groups is 1. The minimum Gasteiger partial charge on any atom is -0.422 e. The van der Waals surface area contributed by atoms with E-state index in [1.165, 1.54) is 0 Å². The summed E-state index contributed by atoms with van der Waals surface area (Å²) in [5.41, 5.74) is 0.360. The fourth-order valence-corrected chi connectivity index (χ4v) is 3.09. The molecular weight excluding hydrogens is 326 g/mol. The molecule has 0 radical (unpaired) electrons. The van der Waals surface area contributed by atoms with Gasteiger partial charge in [0.1, 0.15) is 11.1 Å². The number of hydrogen-bond donors (Lipinski definition) is 1. The smallest absolute Gasteiger partial charge is 0.349 e. The van der Waals surface area contributed by atoms with Gasteiger partial charge in [0.05, 0.1) is 5.54 Å². The lowest BCUT2D eigenvalue weighted by Gasteiger charge is -2.18. The third kappa shape index (κ3) is 2.59. The van der Waals surface area contributed by atoms with E-state index in [2.05, 4.69) is 5.32 Å². The summed E-state index contributed by atoms with van der Waals surface area (Å²) in [6.07, 6.45) is 1.63. The maximum absolute atomic E-state index is 12.6. The van der Waals surface area contributed by atoms with Gasteiger partial charge in [-0.1, -0.05) is 41.9 Å². The second kappa shape index (κ2) is 5.49. The van der Waals surface area contributed by atoms with Crippen molar-refractivity contribution >= 4 is 28.5 Å². The summed E-state index contributed by atoms with van der Waals surface area (Å²) in [6, 6.07) is 16.1. The second-order valence-electron chi connectivity index (χ2n) is 6.03. The summed E-state index contributed by atoms with van der Waals surface area (Å²) in [7, 11) is 0. The van der Waals surface area contributed by atoms with Crippen LogP contribution in [0.1, 0.15) is 28.8 Å². The third-order valence-electron chi connectivity index (χ3n) is 4.37.